The van der Waals surface area contributed by atoms with Crippen molar-refractivity contribution in [3.05, 3.63) is 59.2 Å². The Bertz CT molecular complexity index is 1130. The molecule has 0 radical (unpaired) electrons. The lowest BCUT2D eigenvalue weighted by Gasteiger charge is -2.20. The predicted octanol–water partition coefficient (Wildman–Crippen LogP) is 5.21. The molecule has 1 aromatic carbocycles. The number of hydrogen-bond donors (Lipinski definition) is 2. The molecule has 1 amide bonds. The van der Waals surface area contributed by atoms with E-state index in [9.17, 15) is 9.18 Å². The van der Waals surface area contributed by atoms with Crippen LogP contribution in [0.5, 0.6) is 5.75 Å². The van der Waals surface area contributed by atoms with Gasteiger partial charge >= 0.3 is 6.09 Å². The number of anilines is 1. The number of carbonyl (C=O) groups excluding carboxylic acids is 1. The minimum atomic E-state index is -0.628. The second kappa shape index (κ2) is 10.3. The van der Waals surface area contributed by atoms with Crippen LogP contribution in [-0.2, 0) is 11.3 Å². The zero-order chi connectivity index (χ0) is 24.0. The van der Waals surface area contributed by atoms with E-state index < -0.39 is 11.7 Å². The normalized spacial score (nSPS) is 12.0. The number of rotatable bonds is 8. The Labute approximate surface area is 192 Å². The van der Waals surface area contributed by atoms with Gasteiger partial charge < -0.3 is 24.5 Å². The Kier molecular flexibility index (Phi) is 7.52. The Hall–Kier alpha value is -3.62. The van der Waals surface area contributed by atoms with Crippen LogP contribution in [0, 0.1) is 13.8 Å². The van der Waals surface area contributed by atoms with E-state index in [2.05, 4.69) is 20.6 Å². The van der Waals surface area contributed by atoms with E-state index in [-0.39, 0.29) is 18.7 Å². The van der Waals surface area contributed by atoms with Crippen molar-refractivity contribution < 1.29 is 23.1 Å². The molecular weight excluding hydrogens is 427 g/mol. The fourth-order valence-electron chi connectivity index (χ4n) is 3.07. The van der Waals surface area contributed by atoms with Gasteiger partial charge in [-0.2, -0.15) is 4.98 Å². The Balaban J connectivity index is 1.55. The molecule has 0 bridgehead atoms. The number of nitrogens with one attached hydrogen (secondary N) is 2. The maximum absolute atomic E-state index is 13.2. The quantitative estimate of drug-likeness (QED) is 0.480. The fraction of sp³-hybridized carbons (Fsp3) is 0.375. The molecule has 8 nitrogen and oxygen atoms in total. The molecule has 33 heavy (non-hydrogen) atoms. The summed E-state index contributed by atoms with van der Waals surface area (Å²) in [6.45, 7) is 9.64. The highest BCUT2D eigenvalue weighted by Gasteiger charge is 2.16. The number of carbonyl (C=O) groups is 1. The smallest absolute Gasteiger partial charge is 0.407 e. The number of alkyl carbamates (subject to hydrolysis) is 1. The molecule has 0 aliphatic carbocycles. The third-order valence-corrected chi connectivity index (χ3v) is 4.38. The fourth-order valence-corrected chi connectivity index (χ4v) is 3.07. The summed E-state index contributed by atoms with van der Waals surface area (Å²) in [5, 5.41) is 5.67. The van der Waals surface area contributed by atoms with Gasteiger partial charge in [-0.1, -0.05) is 0 Å². The van der Waals surface area contributed by atoms with Crippen LogP contribution in [0.1, 0.15) is 37.7 Å². The first-order valence-corrected chi connectivity index (χ1v) is 10.6. The number of hydrogen-bond acceptors (Lipinski definition) is 7. The van der Waals surface area contributed by atoms with Crippen LogP contribution in [0.25, 0.3) is 11.1 Å². The van der Waals surface area contributed by atoms with Gasteiger partial charge in [0.05, 0.1) is 6.33 Å². The van der Waals surface area contributed by atoms with Crippen molar-refractivity contribution in [1.82, 2.24) is 15.3 Å². The lowest BCUT2D eigenvalue weighted by atomic mass is 10.2. The average molecular weight is 457 g/mol. The van der Waals surface area contributed by atoms with Crippen LogP contribution in [0.3, 0.4) is 0 Å². The monoisotopic (exact) mass is 456 g/mol. The van der Waals surface area contributed by atoms with Crippen LogP contribution < -0.4 is 15.4 Å². The Morgan fingerprint density at radius 2 is 1.88 bits per heavy atom. The molecule has 3 rings (SSSR count). The van der Waals surface area contributed by atoms with Crippen molar-refractivity contribution in [2.75, 3.05) is 18.5 Å². The van der Waals surface area contributed by atoms with Crippen molar-refractivity contribution in [2.45, 2.75) is 46.8 Å². The number of amides is 1. The number of aromatic nitrogens is 2. The minimum Gasteiger partial charge on any atom is -0.489 e. The number of fused-ring (bicyclic) bond motifs is 1. The SMILES string of the molecule is Cc1cc(CNc2nc3ccc(OCC(=CF)CNC(=O)OC(C)(C)C)cc3o2)cc(C)n1. The van der Waals surface area contributed by atoms with E-state index in [0.717, 1.165) is 17.0 Å². The maximum Gasteiger partial charge on any atom is 0.407 e. The number of oxazole rings is 1. The highest BCUT2D eigenvalue weighted by atomic mass is 19.1. The molecule has 0 spiro atoms. The first-order valence-electron chi connectivity index (χ1n) is 10.6. The summed E-state index contributed by atoms with van der Waals surface area (Å²) in [5.41, 5.74) is 3.81. The van der Waals surface area contributed by atoms with Gasteiger partial charge in [-0.05, 0) is 64.4 Å². The summed E-state index contributed by atoms with van der Waals surface area (Å²) in [6.07, 6.45) is -0.211. The van der Waals surface area contributed by atoms with Crippen LogP contribution in [0.2, 0.25) is 0 Å². The second-order valence-corrected chi connectivity index (χ2v) is 8.67. The van der Waals surface area contributed by atoms with Crippen molar-refractivity contribution in [2.24, 2.45) is 0 Å². The second-order valence-electron chi connectivity index (χ2n) is 8.67. The first-order chi connectivity index (χ1) is 15.6. The third kappa shape index (κ3) is 7.48. The molecular formula is C24H29FN4O4. The summed E-state index contributed by atoms with van der Waals surface area (Å²) in [7, 11) is 0. The zero-order valence-corrected chi connectivity index (χ0v) is 19.5. The van der Waals surface area contributed by atoms with Crippen LogP contribution in [0.4, 0.5) is 15.2 Å². The maximum atomic E-state index is 13.2. The standard InChI is InChI=1S/C24H29FN4O4/c1-15-8-17(9-16(2)28-15)12-26-22-29-20-7-6-19(10-21(20)32-22)31-14-18(11-25)13-27-23(30)33-24(3,4)5/h6-11H,12-14H2,1-5H3,(H,26,29)(H,27,30). The van der Waals surface area contributed by atoms with Gasteiger partial charge in [-0.3, -0.25) is 4.98 Å². The van der Waals surface area contributed by atoms with Gasteiger partial charge in [0.2, 0.25) is 0 Å². The topological polar surface area (TPSA) is 98.5 Å². The van der Waals surface area contributed by atoms with E-state index in [1.165, 1.54) is 0 Å². The van der Waals surface area contributed by atoms with E-state index in [1.54, 1.807) is 39.0 Å². The molecule has 0 aliphatic rings. The van der Waals surface area contributed by atoms with E-state index in [1.807, 2.05) is 26.0 Å². The number of ether oxygens (including phenoxy) is 2. The number of aryl methyl sites for hydroxylation is 2. The first kappa shape index (κ1) is 24.0. The number of nitrogens with zero attached hydrogens (tertiary/aromatic N) is 2. The molecule has 0 saturated carbocycles. The molecule has 0 aliphatic heterocycles. The third-order valence-electron chi connectivity index (χ3n) is 4.38. The molecule has 0 atom stereocenters. The highest BCUT2D eigenvalue weighted by Crippen LogP contribution is 2.24. The molecule has 2 heterocycles. The highest BCUT2D eigenvalue weighted by molar-refractivity contribution is 5.76. The van der Waals surface area contributed by atoms with E-state index in [4.69, 9.17) is 13.9 Å². The lowest BCUT2D eigenvalue weighted by Crippen LogP contribution is -2.34. The van der Waals surface area contributed by atoms with Crippen molar-refractivity contribution in [3.63, 3.8) is 0 Å². The molecule has 176 valence electrons. The summed E-state index contributed by atoms with van der Waals surface area (Å²) in [5.74, 6) is 0.488. The number of benzene rings is 1. The van der Waals surface area contributed by atoms with Crippen molar-refractivity contribution >= 4 is 23.2 Å². The Morgan fingerprint density at radius 1 is 1.15 bits per heavy atom. The van der Waals surface area contributed by atoms with Gasteiger partial charge in [-0.15, -0.1) is 0 Å². The molecule has 0 unspecified atom stereocenters. The van der Waals surface area contributed by atoms with Gasteiger partial charge in [0, 0.05) is 36.1 Å². The van der Waals surface area contributed by atoms with Crippen LogP contribution >= 0.6 is 0 Å². The molecule has 9 heteroatoms. The summed E-state index contributed by atoms with van der Waals surface area (Å²) < 4.78 is 29.8. The van der Waals surface area contributed by atoms with Crippen LogP contribution in [-0.4, -0.2) is 34.8 Å². The van der Waals surface area contributed by atoms with E-state index in [0.29, 0.717) is 35.7 Å². The van der Waals surface area contributed by atoms with Gasteiger partial charge in [0.15, 0.2) is 5.58 Å². The lowest BCUT2D eigenvalue weighted by molar-refractivity contribution is 0.0531. The largest absolute Gasteiger partial charge is 0.489 e. The Morgan fingerprint density at radius 3 is 2.55 bits per heavy atom. The average Bonchev–Trinajstić information content (AvgIpc) is 3.12. The summed E-state index contributed by atoms with van der Waals surface area (Å²) in [4.78, 5) is 20.5. The van der Waals surface area contributed by atoms with Gasteiger partial charge in [0.25, 0.3) is 6.01 Å². The number of halogens is 1. The van der Waals surface area contributed by atoms with Crippen LogP contribution in [0.15, 0.2) is 46.7 Å². The summed E-state index contributed by atoms with van der Waals surface area (Å²) in [6, 6.07) is 9.56. The van der Waals surface area contributed by atoms with Crippen molar-refractivity contribution in [3.8, 4) is 5.75 Å². The van der Waals surface area contributed by atoms with E-state index >= 15 is 0 Å². The number of pyridine rings is 1. The molecule has 2 N–H and O–H groups in total. The van der Waals surface area contributed by atoms with Crippen molar-refractivity contribution in [1.29, 1.82) is 0 Å². The molecule has 0 fully saturated rings. The predicted molar refractivity (Wildman–Crippen MR) is 124 cm³/mol. The molecule has 3 aromatic rings. The molecule has 0 saturated heterocycles. The van der Waals surface area contributed by atoms with Gasteiger partial charge in [-0.25, -0.2) is 9.18 Å². The zero-order valence-electron chi connectivity index (χ0n) is 19.5. The molecule has 2 aromatic heterocycles. The summed E-state index contributed by atoms with van der Waals surface area (Å²) >= 11 is 0. The van der Waals surface area contributed by atoms with Gasteiger partial charge in [0.1, 0.15) is 23.5 Å². The minimum absolute atomic E-state index is 0.0298.